The van der Waals surface area contributed by atoms with E-state index in [1.165, 1.54) is 7.11 Å². The van der Waals surface area contributed by atoms with Gasteiger partial charge in [0.05, 0.1) is 25.6 Å². The normalized spacial score (nSPS) is 26.2. The van der Waals surface area contributed by atoms with E-state index in [0.29, 0.717) is 12.5 Å². The number of hydrogen-bond donors (Lipinski definition) is 0. The summed E-state index contributed by atoms with van der Waals surface area (Å²) in [5, 5.41) is 3.05. The Morgan fingerprint density at radius 1 is 1.67 bits per heavy atom. The third-order valence-corrected chi connectivity index (χ3v) is 4.21. The van der Waals surface area contributed by atoms with Gasteiger partial charge in [-0.1, -0.05) is 25.6 Å². The van der Waals surface area contributed by atoms with Crippen molar-refractivity contribution in [3.63, 3.8) is 0 Å². The first-order chi connectivity index (χ1) is 8.63. The number of carbonyl (C=O) groups excluding carboxylic acids is 1. The molecule has 2 heterocycles. The molecule has 0 aliphatic carbocycles. The highest BCUT2D eigenvalue weighted by Gasteiger charge is 2.38. The number of hydrogen-bond acceptors (Lipinski definition) is 5. The first kappa shape index (κ1) is 13.5. The highest BCUT2D eigenvalue weighted by molar-refractivity contribution is 8.16. The topological polar surface area (TPSA) is 41.9 Å². The Morgan fingerprint density at radius 3 is 3.11 bits per heavy atom. The number of esters is 1. The van der Waals surface area contributed by atoms with Crippen molar-refractivity contribution in [1.82, 2.24) is 4.90 Å². The summed E-state index contributed by atoms with van der Waals surface area (Å²) in [4.78, 5) is 18.5. The second-order valence-electron chi connectivity index (χ2n) is 5.10. The molecule has 2 aliphatic rings. The van der Waals surface area contributed by atoms with E-state index in [1.807, 2.05) is 11.6 Å². The molecule has 2 rings (SSSR count). The zero-order chi connectivity index (χ0) is 13.1. The fraction of sp³-hybridized carbons (Fsp3) is 0.692. The molecule has 0 saturated heterocycles. The van der Waals surface area contributed by atoms with Crippen LogP contribution in [-0.2, 0) is 9.53 Å². The van der Waals surface area contributed by atoms with Gasteiger partial charge in [0.1, 0.15) is 0 Å². The van der Waals surface area contributed by atoms with E-state index in [2.05, 4.69) is 23.7 Å². The molecule has 0 radical (unpaired) electrons. The molecule has 0 N–H and O–H groups in total. The van der Waals surface area contributed by atoms with Gasteiger partial charge in [-0.05, 0) is 24.2 Å². The summed E-state index contributed by atoms with van der Waals surface area (Å²) in [5.74, 6) is 0.363. The molecule has 0 bridgehead atoms. The Balaban J connectivity index is 2.13. The number of thioether (sulfide) groups is 1. The Bertz CT molecular complexity index is 379. The summed E-state index contributed by atoms with van der Waals surface area (Å²) >= 11 is 1.63. The fourth-order valence-electron chi connectivity index (χ4n) is 2.37. The third kappa shape index (κ3) is 2.71. The third-order valence-electron chi connectivity index (χ3n) is 3.40. The van der Waals surface area contributed by atoms with Gasteiger partial charge in [0.15, 0.2) is 5.17 Å². The number of aliphatic imine (C=N–C) groups is 1. The fourth-order valence-corrected chi connectivity index (χ4v) is 3.15. The highest BCUT2D eigenvalue weighted by atomic mass is 32.2. The second kappa shape index (κ2) is 5.78. The van der Waals surface area contributed by atoms with Crippen molar-refractivity contribution in [1.29, 1.82) is 0 Å². The van der Waals surface area contributed by atoms with Crippen LogP contribution >= 0.6 is 11.8 Å². The van der Waals surface area contributed by atoms with Crippen LogP contribution in [0.4, 0.5) is 0 Å². The first-order valence-corrected chi connectivity index (χ1v) is 7.25. The molecule has 0 aromatic rings. The standard InChI is InChI=1S/C13H20N2O2S/c1-9(2)4-5-11-10(12(16)17-3)8-14-13-15(11)6-7-18-13/h6-7,9-11H,4-5,8H2,1-3H3/t10-,11+/m1/s1. The summed E-state index contributed by atoms with van der Waals surface area (Å²) < 4.78 is 4.91. The van der Waals surface area contributed by atoms with Crippen LogP contribution in [0.25, 0.3) is 0 Å². The lowest BCUT2D eigenvalue weighted by molar-refractivity contribution is -0.147. The van der Waals surface area contributed by atoms with Gasteiger partial charge in [-0.25, -0.2) is 0 Å². The molecule has 2 aliphatic heterocycles. The Hall–Kier alpha value is -0.970. The smallest absolute Gasteiger partial charge is 0.312 e. The molecule has 2 atom stereocenters. The van der Waals surface area contributed by atoms with Crippen LogP contribution in [0.1, 0.15) is 26.7 Å². The zero-order valence-electron chi connectivity index (χ0n) is 11.1. The zero-order valence-corrected chi connectivity index (χ0v) is 11.9. The van der Waals surface area contributed by atoms with Crippen molar-refractivity contribution in [2.75, 3.05) is 13.7 Å². The van der Waals surface area contributed by atoms with Crippen LogP contribution in [0.2, 0.25) is 0 Å². The monoisotopic (exact) mass is 268 g/mol. The summed E-state index contributed by atoms with van der Waals surface area (Å²) in [5.41, 5.74) is 0. The Morgan fingerprint density at radius 2 is 2.44 bits per heavy atom. The van der Waals surface area contributed by atoms with Crippen molar-refractivity contribution in [2.45, 2.75) is 32.7 Å². The number of amidine groups is 1. The average molecular weight is 268 g/mol. The van der Waals surface area contributed by atoms with E-state index >= 15 is 0 Å². The number of carbonyl (C=O) groups is 1. The van der Waals surface area contributed by atoms with Gasteiger partial charge in [-0.3, -0.25) is 9.79 Å². The quantitative estimate of drug-likeness (QED) is 0.735. The molecular weight excluding hydrogens is 248 g/mol. The Kier molecular flexibility index (Phi) is 4.32. The number of nitrogens with zero attached hydrogens (tertiary/aromatic N) is 2. The molecule has 0 spiro atoms. The predicted molar refractivity (Wildman–Crippen MR) is 74.2 cm³/mol. The summed E-state index contributed by atoms with van der Waals surface area (Å²) in [6, 6.07) is 0.193. The van der Waals surface area contributed by atoms with Crippen LogP contribution in [0.15, 0.2) is 16.6 Å². The first-order valence-electron chi connectivity index (χ1n) is 6.37. The van der Waals surface area contributed by atoms with Crippen LogP contribution in [0.3, 0.4) is 0 Å². The summed E-state index contributed by atoms with van der Waals surface area (Å²) in [7, 11) is 1.45. The maximum Gasteiger partial charge on any atom is 0.312 e. The van der Waals surface area contributed by atoms with E-state index in [0.717, 1.165) is 18.0 Å². The lowest BCUT2D eigenvalue weighted by Gasteiger charge is -2.36. The minimum absolute atomic E-state index is 0.138. The van der Waals surface area contributed by atoms with Gasteiger partial charge >= 0.3 is 5.97 Å². The van der Waals surface area contributed by atoms with E-state index < -0.39 is 0 Å². The lowest BCUT2D eigenvalue weighted by Crippen LogP contribution is -2.47. The maximum absolute atomic E-state index is 11.9. The van der Waals surface area contributed by atoms with Gasteiger partial charge in [-0.2, -0.15) is 0 Å². The van der Waals surface area contributed by atoms with E-state index in [9.17, 15) is 4.79 Å². The Labute approximate surface area is 112 Å². The molecule has 0 fully saturated rings. The van der Waals surface area contributed by atoms with E-state index in [-0.39, 0.29) is 17.9 Å². The van der Waals surface area contributed by atoms with Gasteiger partial charge in [0, 0.05) is 6.20 Å². The molecule has 18 heavy (non-hydrogen) atoms. The number of ether oxygens (including phenoxy) is 1. The number of rotatable bonds is 4. The second-order valence-corrected chi connectivity index (χ2v) is 5.97. The average Bonchev–Trinajstić information content (AvgIpc) is 2.83. The largest absolute Gasteiger partial charge is 0.469 e. The van der Waals surface area contributed by atoms with Crippen molar-refractivity contribution >= 4 is 22.9 Å². The van der Waals surface area contributed by atoms with Crippen LogP contribution in [0.5, 0.6) is 0 Å². The maximum atomic E-state index is 11.9. The van der Waals surface area contributed by atoms with Gasteiger partial charge in [0.25, 0.3) is 0 Å². The molecule has 100 valence electrons. The molecule has 0 unspecified atom stereocenters. The molecular formula is C13H20N2O2S. The van der Waals surface area contributed by atoms with Crippen molar-refractivity contribution in [3.8, 4) is 0 Å². The van der Waals surface area contributed by atoms with Crippen LogP contribution < -0.4 is 0 Å². The van der Waals surface area contributed by atoms with Crippen molar-refractivity contribution in [3.05, 3.63) is 11.6 Å². The van der Waals surface area contributed by atoms with Crippen molar-refractivity contribution < 1.29 is 9.53 Å². The molecule has 4 nitrogen and oxygen atoms in total. The number of methoxy groups -OCH3 is 1. The lowest BCUT2D eigenvalue weighted by atomic mass is 9.91. The van der Waals surface area contributed by atoms with Crippen LogP contribution in [0, 0.1) is 11.8 Å². The minimum atomic E-state index is -0.142. The SMILES string of the molecule is COC(=O)[C@@H]1CN=C2SC=CN2[C@H]1CCC(C)C. The van der Waals surface area contributed by atoms with E-state index in [4.69, 9.17) is 4.74 Å². The molecule has 0 amide bonds. The summed E-state index contributed by atoms with van der Waals surface area (Å²) in [6.07, 6.45) is 4.14. The molecule has 0 aromatic carbocycles. The highest BCUT2D eigenvalue weighted by Crippen LogP contribution is 2.32. The van der Waals surface area contributed by atoms with Crippen molar-refractivity contribution in [2.24, 2.45) is 16.8 Å². The minimum Gasteiger partial charge on any atom is -0.469 e. The molecule has 0 aromatic heterocycles. The molecule has 0 saturated carbocycles. The van der Waals surface area contributed by atoms with Gasteiger partial charge < -0.3 is 9.64 Å². The van der Waals surface area contributed by atoms with Gasteiger partial charge in [0.2, 0.25) is 0 Å². The van der Waals surface area contributed by atoms with Gasteiger partial charge in [-0.15, -0.1) is 0 Å². The summed E-state index contributed by atoms with van der Waals surface area (Å²) in [6.45, 7) is 4.97. The van der Waals surface area contributed by atoms with E-state index in [1.54, 1.807) is 11.8 Å². The predicted octanol–water partition coefficient (Wildman–Crippen LogP) is 2.47. The van der Waals surface area contributed by atoms with Crippen LogP contribution in [-0.4, -0.2) is 35.7 Å². The number of fused-ring (bicyclic) bond motifs is 1. The molecule has 5 heteroatoms.